The molecule has 1 aromatic rings. The smallest absolute Gasteiger partial charge is 0.360 e. The molecule has 0 fully saturated rings. The largest absolute Gasteiger partial charge is 0.379 e. The summed E-state index contributed by atoms with van der Waals surface area (Å²) in [6.45, 7) is 5.42. The summed E-state index contributed by atoms with van der Waals surface area (Å²) in [5, 5.41) is 17.2. The van der Waals surface area contributed by atoms with Crippen molar-refractivity contribution in [3.8, 4) is 0 Å². The van der Waals surface area contributed by atoms with Gasteiger partial charge in [-0.1, -0.05) is 35.4 Å². The molecular formula is C15H25N4O4P. The number of rotatable bonds is 11. The van der Waals surface area contributed by atoms with Crippen LogP contribution in [-0.4, -0.2) is 36.8 Å². The molecule has 0 aromatic heterocycles. The summed E-state index contributed by atoms with van der Waals surface area (Å²) in [6.07, 6.45) is 0. The van der Waals surface area contributed by atoms with Crippen molar-refractivity contribution in [2.75, 3.05) is 19.8 Å². The predicted molar refractivity (Wildman–Crippen MR) is 92.7 cm³/mol. The summed E-state index contributed by atoms with van der Waals surface area (Å²) >= 11 is 0. The van der Waals surface area contributed by atoms with Gasteiger partial charge in [0.25, 0.3) is 0 Å². The zero-order valence-electron chi connectivity index (χ0n) is 14.2. The van der Waals surface area contributed by atoms with E-state index < -0.39 is 19.5 Å². The van der Waals surface area contributed by atoms with Gasteiger partial charge in [0.1, 0.15) is 0 Å². The second kappa shape index (κ2) is 10.5. The van der Waals surface area contributed by atoms with Crippen LogP contribution >= 0.6 is 7.60 Å². The van der Waals surface area contributed by atoms with Crippen LogP contribution in [0, 0.1) is 0 Å². The highest BCUT2D eigenvalue weighted by atomic mass is 31.2. The Balaban J connectivity index is 2.97. The third-order valence-corrected chi connectivity index (χ3v) is 5.65. The molecule has 1 aromatic carbocycles. The van der Waals surface area contributed by atoms with E-state index >= 15 is 0 Å². The summed E-state index contributed by atoms with van der Waals surface area (Å²) in [6, 6.07) is 8.63. The molecule has 2 N–H and O–H groups in total. The minimum absolute atomic E-state index is 0.0843. The van der Waals surface area contributed by atoms with Crippen LogP contribution in [-0.2, 0) is 13.6 Å². The Kier molecular flexibility index (Phi) is 9.00. The first-order chi connectivity index (χ1) is 11.5. The van der Waals surface area contributed by atoms with Gasteiger partial charge >= 0.3 is 7.60 Å². The summed E-state index contributed by atoms with van der Waals surface area (Å²) in [4.78, 5) is 2.71. The van der Waals surface area contributed by atoms with Crippen LogP contribution in [0.15, 0.2) is 35.4 Å². The molecule has 0 aliphatic rings. The van der Waals surface area contributed by atoms with E-state index in [1.54, 1.807) is 13.8 Å². The standard InChI is InChI=1S/C15H25N4O4P/c1-4-22-24(21,23-5-2)15(20)14(11-17-19-16)18-12(3)13-9-7-6-8-10-13/h6-10,12,14-15,18,20H,4-5,11H2,1-3H3/t12-,14+,15+/m0/s1. The van der Waals surface area contributed by atoms with E-state index in [1.165, 1.54) is 0 Å². The first-order valence-electron chi connectivity index (χ1n) is 7.87. The van der Waals surface area contributed by atoms with Crippen molar-refractivity contribution < 1.29 is 18.7 Å². The molecule has 3 atom stereocenters. The number of aliphatic hydroxyl groups excluding tert-OH is 1. The number of benzene rings is 1. The molecule has 134 valence electrons. The molecule has 0 aliphatic heterocycles. The van der Waals surface area contributed by atoms with E-state index in [2.05, 4.69) is 15.3 Å². The van der Waals surface area contributed by atoms with Crippen LogP contribution in [0.3, 0.4) is 0 Å². The number of aliphatic hydroxyl groups is 1. The van der Waals surface area contributed by atoms with Crippen molar-refractivity contribution in [2.45, 2.75) is 38.7 Å². The van der Waals surface area contributed by atoms with E-state index in [0.717, 1.165) is 5.56 Å². The van der Waals surface area contributed by atoms with E-state index in [0.29, 0.717) is 0 Å². The van der Waals surface area contributed by atoms with Gasteiger partial charge in [0.15, 0.2) is 5.85 Å². The van der Waals surface area contributed by atoms with Gasteiger partial charge in [-0.3, -0.25) is 4.57 Å². The van der Waals surface area contributed by atoms with Crippen molar-refractivity contribution in [2.24, 2.45) is 5.11 Å². The van der Waals surface area contributed by atoms with Gasteiger partial charge in [-0.05, 0) is 31.9 Å². The Labute approximate surface area is 142 Å². The predicted octanol–water partition coefficient (Wildman–Crippen LogP) is 3.60. The molecule has 0 aliphatic carbocycles. The third kappa shape index (κ3) is 5.91. The fraction of sp³-hybridized carbons (Fsp3) is 0.600. The highest BCUT2D eigenvalue weighted by Crippen LogP contribution is 2.53. The normalized spacial score (nSPS) is 15.3. The Morgan fingerprint density at radius 2 is 1.88 bits per heavy atom. The van der Waals surface area contributed by atoms with Crippen molar-refractivity contribution in [1.82, 2.24) is 5.32 Å². The van der Waals surface area contributed by atoms with Gasteiger partial charge < -0.3 is 19.5 Å². The van der Waals surface area contributed by atoms with Gasteiger partial charge in [0, 0.05) is 17.5 Å². The van der Waals surface area contributed by atoms with Crippen LogP contribution in [0.1, 0.15) is 32.4 Å². The molecule has 0 bridgehead atoms. The quantitative estimate of drug-likeness (QED) is 0.272. The average molecular weight is 356 g/mol. The fourth-order valence-electron chi connectivity index (χ4n) is 2.29. The molecule has 9 heteroatoms. The van der Waals surface area contributed by atoms with E-state index in [1.807, 2.05) is 37.3 Å². The topological polar surface area (TPSA) is 117 Å². The lowest BCUT2D eigenvalue weighted by atomic mass is 10.1. The SMILES string of the molecule is CCOP(=O)(OCC)[C@@H](O)[C@@H](CN=[N+]=[N-])N[C@@H](C)c1ccccc1. The third-order valence-electron chi connectivity index (χ3n) is 3.41. The molecule has 1 rings (SSSR count). The van der Waals surface area contributed by atoms with Gasteiger partial charge in [-0.15, -0.1) is 0 Å². The Bertz CT molecular complexity index is 570. The minimum atomic E-state index is -3.74. The van der Waals surface area contributed by atoms with Crippen molar-refractivity contribution in [3.05, 3.63) is 46.3 Å². The zero-order valence-corrected chi connectivity index (χ0v) is 15.1. The number of hydrogen-bond acceptors (Lipinski definition) is 6. The number of azide groups is 1. The second-order valence-electron chi connectivity index (χ2n) is 5.11. The van der Waals surface area contributed by atoms with Gasteiger partial charge in [-0.25, -0.2) is 0 Å². The Morgan fingerprint density at radius 3 is 2.38 bits per heavy atom. The number of nitrogens with one attached hydrogen (secondary N) is 1. The number of hydrogen-bond donors (Lipinski definition) is 2. The van der Waals surface area contributed by atoms with E-state index in [-0.39, 0.29) is 25.8 Å². The first kappa shape index (κ1) is 20.6. The molecule has 0 saturated carbocycles. The van der Waals surface area contributed by atoms with Gasteiger partial charge in [0.05, 0.1) is 19.3 Å². The van der Waals surface area contributed by atoms with Crippen LogP contribution in [0.5, 0.6) is 0 Å². The van der Waals surface area contributed by atoms with Crippen LogP contribution in [0.2, 0.25) is 0 Å². The van der Waals surface area contributed by atoms with Crippen LogP contribution in [0.25, 0.3) is 10.4 Å². The summed E-state index contributed by atoms with van der Waals surface area (Å²) in [5.74, 6) is -1.45. The van der Waals surface area contributed by atoms with Crippen LogP contribution in [0.4, 0.5) is 0 Å². The fourth-order valence-corrected chi connectivity index (χ4v) is 4.01. The molecule has 24 heavy (non-hydrogen) atoms. The first-order valence-corrected chi connectivity index (χ1v) is 9.48. The van der Waals surface area contributed by atoms with Crippen LogP contribution < -0.4 is 5.32 Å². The lowest BCUT2D eigenvalue weighted by Gasteiger charge is -2.30. The Morgan fingerprint density at radius 1 is 1.29 bits per heavy atom. The number of nitrogens with zero attached hydrogens (tertiary/aromatic N) is 3. The van der Waals surface area contributed by atoms with Crippen molar-refractivity contribution in [1.29, 1.82) is 0 Å². The van der Waals surface area contributed by atoms with Gasteiger partial charge in [-0.2, -0.15) is 0 Å². The summed E-state index contributed by atoms with van der Waals surface area (Å²) in [5.41, 5.74) is 9.56. The molecule has 0 spiro atoms. The maximum atomic E-state index is 12.8. The Hall–Kier alpha value is -1.40. The second-order valence-corrected chi connectivity index (χ2v) is 7.23. The molecule has 0 radical (unpaired) electrons. The molecule has 0 amide bonds. The van der Waals surface area contributed by atoms with E-state index in [9.17, 15) is 9.67 Å². The molecular weight excluding hydrogens is 331 g/mol. The maximum absolute atomic E-state index is 12.8. The molecule has 0 heterocycles. The summed E-state index contributed by atoms with van der Waals surface area (Å²) < 4.78 is 23.1. The monoisotopic (exact) mass is 356 g/mol. The van der Waals surface area contributed by atoms with Gasteiger partial charge in [0.2, 0.25) is 0 Å². The van der Waals surface area contributed by atoms with Crippen molar-refractivity contribution >= 4 is 7.60 Å². The van der Waals surface area contributed by atoms with Crippen molar-refractivity contribution in [3.63, 3.8) is 0 Å². The lowest BCUT2D eigenvalue weighted by molar-refractivity contribution is 0.123. The molecule has 8 nitrogen and oxygen atoms in total. The highest BCUT2D eigenvalue weighted by Gasteiger charge is 2.40. The minimum Gasteiger partial charge on any atom is -0.379 e. The molecule has 0 saturated heterocycles. The average Bonchev–Trinajstić information content (AvgIpc) is 2.59. The zero-order chi connectivity index (χ0) is 18.0. The highest BCUT2D eigenvalue weighted by molar-refractivity contribution is 7.54. The molecule has 0 unspecified atom stereocenters. The maximum Gasteiger partial charge on any atom is 0.360 e. The summed E-state index contributed by atoms with van der Waals surface area (Å²) in [7, 11) is -3.74. The van der Waals surface area contributed by atoms with E-state index in [4.69, 9.17) is 14.6 Å². The lowest BCUT2D eigenvalue weighted by Crippen LogP contribution is -2.43.